The molecule has 24 heavy (non-hydrogen) atoms. The van der Waals surface area contributed by atoms with Crippen LogP contribution in [0.1, 0.15) is 42.5 Å². The zero-order valence-corrected chi connectivity index (χ0v) is 14.0. The number of aromatic carboxylic acids is 1. The van der Waals surface area contributed by atoms with Crippen LogP contribution in [0.25, 0.3) is 10.9 Å². The van der Waals surface area contributed by atoms with Gasteiger partial charge in [0.05, 0.1) is 10.5 Å². The molecular formula is C17H20N2O4S. The zero-order chi connectivity index (χ0) is 17.2. The maximum absolute atomic E-state index is 12.6. The summed E-state index contributed by atoms with van der Waals surface area (Å²) in [7, 11) is -3.77. The van der Waals surface area contributed by atoms with Crippen molar-refractivity contribution < 1.29 is 18.3 Å². The van der Waals surface area contributed by atoms with E-state index >= 15 is 0 Å². The van der Waals surface area contributed by atoms with Gasteiger partial charge in [-0.3, -0.25) is 0 Å². The van der Waals surface area contributed by atoms with Crippen LogP contribution in [0.15, 0.2) is 40.9 Å². The Hall–Kier alpha value is -2.12. The average Bonchev–Trinajstić information content (AvgIpc) is 3.03. The highest BCUT2D eigenvalue weighted by Crippen LogP contribution is 2.25. The van der Waals surface area contributed by atoms with Gasteiger partial charge in [-0.25, -0.2) is 17.9 Å². The van der Waals surface area contributed by atoms with Crippen LogP contribution < -0.4 is 4.72 Å². The normalized spacial score (nSPS) is 15.4. The first-order valence-corrected chi connectivity index (χ1v) is 9.48. The molecule has 0 radical (unpaired) electrons. The summed E-state index contributed by atoms with van der Waals surface area (Å²) >= 11 is 0. The molecule has 2 aromatic rings. The average molecular weight is 348 g/mol. The second kappa shape index (κ2) is 6.78. The van der Waals surface area contributed by atoms with Crippen LogP contribution in [-0.4, -0.2) is 31.0 Å². The van der Waals surface area contributed by atoms with E-state index in [1.54, 1.807) is 12.3 Å². The summed E-state index contributed by atoms with van der Waals surface area (Å²) in [5.41, 5.74) is 1.72. The van der Waals surface area contributed by atoms with E-state index in [0.717, 1.165) is 19.3 Å². The van der Waals surface area contributed by atoms with Crippen molar-refractivity contribution in [2.75, 3.05) is 6.54 Å². The minimum Gasteiger partial charge on any atom is -0.478 e. The molecule has 0 spiro atoms. The van der Waals surface area contributed by atoms with Gasteiger partial charge < -0.3 is 10.1 Å². The van der Waals surface area contributed by atoms with Crippen molar-refractivity contribution in [3.63, 3.8) is 0 Å². The number of rotatable bonds is 6. The molecule has 3 rings (SSSR count). The first kappa shape index (κ1) is 16.7. The third-order valence-corrected chi connectivity index (χ3v) is 5.79. The molecule has 1 aliphatic rings. The van der Waals surface area contributed by atoms with Gasteiger partial charge in [-0.2, -0.15) is 0 Å². The summed E-state index contributed by atoms with van der Waals surface area (Å²) in [5.74, 6) is -1.16. The van der Waals surface area contributed by atoms with E-state index in [-0.39, 0.29) is 10.5 Å². The molecule has 0 saturated carbocycles. The molecule has 0 fully saturated rings. The van der Waals surface area contributed by atoms with Gasteiger partial charge in [0, 0.05) is 23.6 Å². The van der Waals surface area contributed by atoms with E-state index < -0.39 is 16.0 Å². The van der Waals surface area contributed by atoms with Gasteiger partial charge in [-0.1, -0.05) is 11.6 Å². The Bertz CT molecular complexity index is 896. The fourth-order valence-electron chi connectivity index (χ4n) is 3.03. The third kappa shape index (κ3) is 3.52. The summed E-state index contributed by atoms with van der Waals surface area (Å²) in [5, 5.41) is 9.67. The molecular weight excluding hydrogens is 328 g/mol. The number of allylic oxidation sites excluding steroid dienone is 1. The summed E-state index contributed by atoms with van der Waals surface area (Å²) in [4.78, 5) is 14.1. The largest absolute Gasteiger partial charge is 0.478 e. The summed E-state index contributed by atoms with van der Waals surface area (Å²) in [6, 6.07) is 4.28. The molecule has 6 nitrogen and oxygen atoms in total. The monoisotopic (exact) mass is 348 g/mol. The molecule has 0 saturated heterocycles. The number of H-pyrrole nitrogens is 1. The van der Waals surface area contributed by atoms with Gasteiger partial charge in [0.1, 0.15) is 0 Å². The first-order valence-electron chi connectivity index (χ1n) is 7.99. The number of sulfonamides is 1. The number of fused-ring (bicyclic) bond motifs is 1. The van der Waals surface area contributed by atoms with Crippen LogP contribution in [0.3, 0.4) is 0 Å². The van der Waals surface area contributed by atoms with Gasteiger partial charge in [0.15, 0.2) is 0 Å². The summed E-state index contributed by atoms with van der Waals surface area (Å²) in [6.07, 6.45) is 8.92. The van der Waals surface area contributed by atoms with E-state index in [1.165, 1.54) is 24.1 Å². The van der Waals surface area contributed by atoms with Crippen LogP contribution >= 0.6 is 0 Å². The molecule has 0 atom stereocenters. The molecule has 1 aromatic carbocycles. The number of carbonyl (C=O) groups is 1. The van der Waals surface area contributed by atoms with Gasteiger partial charge >= 0.3 is 5.97 Å². The number of carboxylic acid groups (broad SMARTS) is 1. The molecule has 3 N–H and O–H groups in total. The molecule has 0 aliphatic heterocycles. The number of nitrogens with one attached hydrogen (secondary N) is 2. The molecule has 1 aromatic heterocycles. The maximum atomic E-state index is 12.6. The van der Waals surface area contributed by atoms with Gasteiger partial charge in [-0.15, -0.1) is 0 Å². The van der Waals surface area contributed by atoms with E-state index in [4.69, 9.17) is 0 Å². The SMILES string of the molecule is O=C(O)c1cc(S(=O)(=O)NCCC2=CCCCC2)c2cc[nH]c2c1. The van der Waals surface area contributed by atoms with Crippen LogP contribution in [0.2, 0.25) is 0 Å². The van der Waals surface area contributed by atoms with Crippen molar-refractivity contribution in [3.05, 3.63) is 41.6 Å². The molecule has 0 bridgehead atoms. The van der Waals surface area contributed by atoms with E-state index in [1.807, 2.05) is 0 Å². The Morgan fingerprint density at radius 1 is 1.29 bits per heavy atom. The predicted molar refractivity (Wildman–Crippen MR) is 91.6 cm³/mol. The lowest BCUT2D eigenvalue weighted by Crippen LogP contribution is -2.25. The van der Waals surface area contributed by atoms with Gasteiger partial charge in [-0.05, 0) is 50.3 Å². The Labute approximate surface area is 140 Å². The first-order chi connectivity index (χ1) is 11.5. The predicted octanol–water partition coefficient (Wildman–Crippen LogP) is 3.03. The Morgan fingerprint density at radius 2 is 2.12 bits per heavy atom. The maximum Gasteiger partial charge on any atom is 0.335 e. The van der Waals surface area contributed by atoms with Crippen molar-refractivity contribution in [2.24, 2.45) is 0 Å². The quantitative estimate of drug-likeness (QED) is 0.699. The number of carboxylic acids is 1. The second-order valence-corrected chi connectivity index (χ2v) is 7.71. The lowest BCUT2D eigenvalue weighted by atomic mass is 9.97. The van der Waals surface area contributed by atoms with Crippen LogP contribution in [0.4, 0.5) is 0 Å². The number of hydrogen-bond donors (Lipinski definition) is 3. The van der Waals surface area contributed by atoms with Gasteiger partial charge in [0.25, 0.3) is 0 Å². The molecule has 0 unspecified atom stereocenters. The van der Waals surface area contributed by atoms with Crippen molar-refractivity contribution in [1.82, 2.24) is 9.71 Å². The number of aromatic amines is 1. The van der Waals surface area contributed by atoms with Crippen molar-refractivity contribution in [2.45, 2.75) is 37.0 Å². The van der Waals surface area contributed by atoms with Crippen molar-refractivity contribution >= 4 is 26.9 Å². The highest BCUT2D eigenvalue weighted by atomic mass is 32.2. The lowest BCUT2D eigenvalue weighted by Gasteiger charge is -2.13. The number of aromatic nitrogens is 1. The highest BCUT2D eigenvalue weighted by molar-refractivity contribution is 7.89. The fourth-order valence-corrected chi connectivity index (χ4v) is 4.31. The summed E-state index contributed by atoms with van der Waals surface area (Å²) in [6.45, 7) is 0.317. The van der Waals surface area contributed by atoms with Crippen LogP contribution in [0.5, 0.6) is 0 Å². The van der Waals surface area contributed by atoms with E-state index in [2.05, 4.69) is 15.8 Å². The Kier molecular flexibility index (Phi) is 4.73. The van der Waals surface area contributed by atoms with Crippen LogP contribution in [-0.2, 0) is 10.0 Å². The highest BCUT2D eigenvalue weighted by Gasteiger charge is 2.20. The molecule has 1 aliphatic carbocycles. The molecule has 128 valence electrons. The Morgan fingerprint density at radius 3 is 2.83 bits per heavy atom. The molecule has 0 amide bonds. The van der Waals surface area contributed by atoms with Crippen molar-refractivity contribution in [3.8, 4) is 0 Å². The van der Waals surface area contributed by atoms with Crippen molar-refractivity contribution in [1.29, 1.82) is 0 Å². The Balaban J connectivity index is 1.83. The van der Waals surface area contributed by atoms with E-state index in [9.17, 15) is 18.3 Å². The molecule has 7 heteroatoms. The minimum atomic E-state index is -3.77. The lowest BCUT2D eigenvalue weighted by molar-refractivity contribution is 0.0697. The molecule has 1 heterocycles. The minimum absolute atomic E-state index is 0.00345. The van der Waals surface area contributed by atoms with Crippen LogP contribution in [0, 0.1) is 0 Å². The fraction of sp³-hybridized carbons (Fsp3) is 0.353. The summed E-state index contributed by atoms with van der Waals surface area (Å²) < 4.78 is 27.8. The second-order valence-electron chi connectivity index (χ2n) is 5.97. The number of benzene rings is 1. The smallest absolute Gasteiger partial charge is 0.335 e. The van der Waals surface area contributed by atoms with E-state index in [0.29, 0.717) is 23.9 Å². The third-order valence-electron chi connectivity index (χ3n) is 4.29. The standard InChI is InChI=1S/C17H20N2O4S/c20-17(21)13-10-15-14(7-8-18-15)16(11-13)24(22,23)19-9-6-12-4-2-1-3-5-12/h4,7-8,10-11,18-19H,1-3,5-6,9H2,(H,20,21). The number of hydrogen-bond acceptors (Lipinski definition) is 3. The zero-order valence-electron chi connectivity index (χ0n) is 13.2. The topological polar surface area (TPSA) is 99.3 Å². The van der Waals surface area contributed by atoms with Gasteiger partial charge in [0.2, 0.25) is 10.0 Å².